The van der Waals surface area contributed by atoms with Gasteiger partial charge in [0.1, 0.15) is 11.5 Å². The molecular formula is C13H17N3O2. The summed E-state index contributed by atoms with van der Waals surface area (Å²) in [5.74, 6) is 1.53. The topological polar surface area (TPSA) is 48.3 Å². The molecule has 0 atom stereocenters. The van der Waals surface area contributed by atoms with Crippen LogP contribution in [0.15, 0.2) is 30.5 Å². The van der Waals surface area contributed by atoms with Crippen molar-refractivity contribution in [1.29, 1.82) is 0 Å². The molecule has 0 unspecified atom stereocenters. The third kappa shape index (κ3) is 2.74. The first-order valence-electron chi connectivity index (χ1n) is 5.67. The van der Waals surface area contributed by atoms with Crippen LogP contribution in [0.1, 0.15) is 5.69 Å². The second-order valence-corrected chi connectivity index (χ2v) is 3.90. The standard InChI is InChI=1S/C13H17N3O2/c1-16-7-6-10(15-16)9-14-12-5-4-11(17-2)8-13(12)18-3/h4-8,14H,9H2,1-3H3. The molecule has 0 aliphatic rings. The third-order valence-corrected chi connectivity index (χ3v) is 2.64. The number of rotatable bonds is 5. The van der Waals surface area contributed by atoms with Crippen LogP contribution in [-0.2, 0) is 13.6 Å². The average Bonchev–Trinajstić information content (AvgIpc) is 2.82. The van der Waals surface area contributed by atoms with Crippen LogP contribution in [-0.4, -0.2) is 24.0 Å². The molecule has 1 aromatic carbocycles. The number of aryl methyl sites for hydroxylation is 1. The Kier molecular flexibility index (Phi) is 3.72. The fourth-order valence-electron chi connectivity index (χ4n) is 1.69. The highest BCUT2D eigenvalue weighted by atomic mass is 16.5. The van der Waals surface area contributed by atoms with Crippen molar-refractivity contribution in [2.45, 2.75) is 6.54 Å². The number of methoxy groups -OCH3 is 2. The molecule has 1 heterocycles. The molecule has 0 saturated carbocycles. The monoisotopic (exact) mass is 247 g/mol. The number of anilines is 1. The van der Waals surface area contributed by atoms with Gasteiger partial charge in [0.2, 0.25) is 0 Å². The Bertz CT molecular complexity index is 523. The molecule has 2 aromatic rings. The Morgan fingerprint density at radius 1 is 1.22 bits per heavy atom. The normalized spacial score (nSPS) is 10.2. The van der Waals surface area contributed by atoms with Gasteiger partial charge in [0.15, 0.2) is 0 Å². The van der Waals surface area contributed by atoms with E-state index in [1.54, 1.807) is 18.9 Å². The minimum Gasteiger partial charge on any atom is -0.497 e. The maximum absolute atomic E-state index is 5.31. The Labute approximate surface area is 106 Å². The molecule has 2 rings (SSSR count). The molecule has 5 nitrogen and oxygen atoms in total. The largest absolute Gasteiger partial charge is 0.497 e. The Hall–Kier alpha value is -2.17. The number of aromatic nitrogens is 2. The Morgan fingerprint density at radius 3 is 2.67 bits per heavy atom. The Morgan fingerprint density at radius 2 is 2.06 bits per heavy atom. The van der Waals surface area contributed by atoms with Gasteiger partial charge in [0.05, 0.1) is 32.1 Å². The molecule has 0 aliphatic carbocycles. The van der Waals surface area contributed by atoms with Gasteiger partial charge in [0, 0.05) is 19.3 Å². The molecule has 0 bridgehead atoms. The van der Waals surface area contributed by atoms with E-state index in [0.717, 1.165) is 22.9 Å². The summed E-state index contributed by atoms with van der Waals surface area (Å²) in [6.45, 7) is 0.656. The van der Waals surface area contributed by atoms with Gasteiger partial charge in [-0.25, -0.2) is 0 Å². The zero-order valence-corrected chi connectivity index (χ0v) is 10.8. The minimum atomic E-state index is 0.656. The molecule has 0 amide bonds. The van der Waals surface area contributed by atoms with Gasteiger partial charge in [-0.05, 0) is 18.2 Å². The van der Waals surface area contributed by atoms with E-state index in [1.165, 1.54) is 0 Å². The summed E-state index contributed by atoms with van der Waals surface area (Å²) in [4.78, 5) is 0. The van der Waals surface area contributed by atoms with Gasteiger partial charge < -0.3 is 14.8 Å². The molecule has 96 valence electrons. The zero-order valence-electron chi connectivity index (χ0n) is 10.8. The van der Waals surface area contributed by atoms with E-state index in [1.807, 2.05) is 37.5 Å². The van der Waals surface area contributed by atoms with Gasteiger partial charge in [-0.15, -0.1) is 0 Å². The van der Waals surface area contributed by atoms with E-state index < -0.39 is 0 Å². The van der Waals surface area contributed by atoms with Gasteiger partial charge in [0.25, 0.3) is 0 Å². The summed E-state index contributed by atoms with van der Waals surface area (Å²) in [5, 5.41) is 7.59. The molecule has 1 N–H and O–H groups in total. The van der Waals surface area contributed by atoms with Gasteiger partial charge in [-0.1, -0.05) is 0 Å². The summed E-state index contributed by atoms with van der Waals surface area (Å²) >= 11 is 0. The van der Waals surface area contributed by atoms with Crippen molar-refractivity contribution >= 4 is 5.69 Å². The second kappa shape index (κ2) is 5.44. The van der Waals surface area contributed by atoms with Crippen LogP contribution in [0, 0.1) is 0 Å². The lowest BCUT2D eigenvalue weighted by molar-refractivity contribution is 0.395. The van der Waals surface area contributed by atoms with Crippen LogP contribution in [0.4, 0.5) is 5.69 Å². The highest BCUT2D eigenvalue weighted by molar-refractivity contribution is 5.59. The highest BCUT2D eigenvalue weighted by Crippen LogP contribution is 2.29. The van der Waals surface area contributed by atoms with Crippen molar-refractivity contribution in [2.24, 2.45) is 7.05 Å². The summed E-state index contributed by atoms with van der Waals surface area (Å²) in [5.41, 5.74) is 1.90. The molecular weight excluding hydrogens is 230 g/mol. The minimum absolute atomic E-state index is 0.656. The lowest BCUT2D eigenvalue weighted by Gasteiger charge is -2.11. The van der Waals surface area contributed by atoms with Crippen molar-refractivity contribution < 1.29 is 9.47 Å². The molecule has 0 saturated heterocycles. The van der Waals surface area contributed by atoms with Crippen LogP contribution < -0.4 is 14.8 Å². The second-order valence-electron chi connectivity index (χ2n) is 3.90. The number of nitrogens with one attached hydrogen (secondary N) is 1. The fourth-order valence-corrected chi connectivity index (χ4v) is 1.69. The van der Waals surface area contributed by atoms with E-state index in [2.05, 4.69) is 10.4 Å². The van der Waals surface area contributed by atoms with Crippen molar-refractivity contribution in [3.05, 3.63) is 36.2 Å². The van der Waals surface area contributed by atoms with Crippen LogP contribution in [0.2, 0.25) is 0 Å². The molecule has 1 aromatic heterocycles. The van der Waals surface area contributed by atoms with Crippen LogP contribution >= 0.6 is 0 Å². The highest BCUT2D eigenvalue weighted by Gasteiger charge is 2.05. The number of hydrogen-bond donors (Lipinski definition) is 1. The zero-order chi connectivity index (χ0) is 13.0. The first kappa shape index (κ1) is 12.3. The molecule has 18 heavy (non-hydrogen) atoms. The van der Waals surface area contributed by atoms with E-state index in [-0.39, 0.29) is 0 Å². The Balaban J connectivity index is 2.08. The molecule has 0 aliphatic heterocycles. The summed E-state index contributed by atoms with van der Waals surface area (Å²) in [6, 6.07) is 7.65. The van der Waals surface area contributed by atoms with Crippen molar-refractivity contribution in [3.8, 4) is 11.5 Å². The first-order chi connectivity index (χ1) is 8.72. The van der Waals surface area contributed by atoms with E-state index in [0.29, 0.717) is 6.54 Å². The lowest BCUT2D eigenvalue weighted by atomic mass is 10.2. The number of benzene rings is 1. The van der Waals surface area contributed by atoms with Crippen LogP contribution in [0.25, 0.3) is 0 Å². The fraction of sp³-hybridized carbons (Fsp3) is 0.308. The first-order valence-corrected chi connectivity index (χ1v) is 5.67. The quantitative estimate of drug-likeness (QED) is 0.878. The summed E-state index contributed by atoms with van der Waals surface area (Å²) in [6.07, 6.45) is 1.92. The maximum Gasteiger partial charge on any atom is 0.145 e. The molecule has 0 fully saturated rings. The van der Waals surface area contributed by atoms with Gasteiger partial charge in [-0.2, -0.15) is 5.10 Å². The number of nitrogens with zero attached hydrogens (tertiary/aromatic N) is 2. The maximum atomic E-state index is 5.31. The van der Waals surface area contributed by atoms with Gasteiger partial charge >= 0.3 is 0 Å². The summed E-state index contributed by atoms with van der Waals surface area (Å²) < 4.78 is 12.2. The predicted octanol–water partition coefficient (Wildman–Crippen LogP) is 2.05. The predicted molar refractivity (Wildman–Crippen MR) is 70.1 cm³/mol. The van der Waals surface area contributed by atoms with Gasteiger partial charge in [-0.3, -0.25) is 4.68 Å². The van der Waals surface area contributed by atoms with Crippen molar-refractivity contribution in [3.63, 3.8) is 0 Å². The smallest absolute Gasteiger partial charge is 0.145 e. The van der Waals surface area contributed by atoms with Crippen molar-refractivity contribution in [2.75, 3.05) is 19.5 Å². The third-order valence-electron chi connectivity index (χ3n) is 2.64. The molecule has 5 heteroatoms. The number of ether oxygens (including phenoxy) is 2. The van der Waals surface area contributed by atoms with E-state index in [9.17, 15) is 0 Å². The van der Waals surface area contributed by atoms with Crippen molar-refractivity contribution in [1.82, 2.24) is 9.78 Å². The van der Waals surface area contributed by atoms with E-state index in [4.69, 9.17) is 9.47 Å². The van der Waals surface area contributed by atoms with Crippen LogP contribution in [0.5, 0.6) is 11.5 Å². The lowest BCUT2D eigenvalue weighted by Crippen LogP contribution is -2.03. The average molecular weight is 247 g/mol. The SMILES string of the molecule is COc1ccc(NCc2ccn(C)n2)c(OC)c1. The molecule has 0 spiro atoms. The molecule has 0 radical (unpaired) electrons. The van der Waals surface area contributed by atoms with Crippen LogP contribution in [0.3, 0.4) is 0 Å². The summed E-state index contributed by atoms with van der Waals surface area (Å²) in [7, 11) is 5.17. The number of hydrogen-bond acceptors (Lipinski definition) is 4. The van der Waals surface area contributed by atoms with E-state index >= 15 is 0 Å².